The molecule has 2 N–H and O–H groups in total. The number of carboxylic acid groups (broad SMARTS) is 1. The maximum Gasteiger partial charge on any atom is 0.341 e. The number of carbonyl (C=O) groups is 1. The molecule has 76 valence electrons. The maximum absolute atomic E-state index is 10.6. The molecule has 1 atom stereocenters. The molecule has 0 aliphatic rings. The van der Waals surface area contributed by atoms with Gasteiger partial charge >= 0.3 is 5.97 Å². The van der Waals surface area contributed by atoms with E-state index >= 15 is 0 Å². The van der Waals surface area contributed by atoms with Crippen molar-refractivity contribution >= 4 is 17.0 Å². The molecule has 1 aromatic carbocycles. The van der Waals surface area contributed by atoms with Gasteiger partial charge in [-0.05, 0) is 24.3 Å². The van der Waals surface area contributed by atoms with Crippen LogP contribution in [0.5, 0.6) is 5.75 Å². The summed E-state index contributed by atoms with van der Waals surface area (Å²) in [5.74, 6) is -0.721. The predicted octanol–water partition coefficient (Wildman–Crippen LogP) is 0.731. The van der Waals surface area contributed by atoms with Crippen molar-refractivity contribution < 1.29 is 23.4 Å². The Morgan fingerprint density at radius 2 is 1.93 bits per heavy atom. The number of aliphatic carboxylic acids is 1. The van der Waals surface area contributed by atoms with Crippen LogP contribution >= 0.6 is 0 Å². The molecular formula is C8H8O5S. The molecule has 1 rings (SSSR count). The van der Waals surface area contributed by atoms with Crippen molar-refractivity contribution in [3.05, 3.63) is 24.3 Å². The van der Waals surface area contributed by atoms with Crippen LogP contribution in [0.1, 0.15) is 0 Å². The molecule has 0 heterocycles. The molecule has 0 saturated heterocycles. The van der Waals surface area contributed by atoms with Gasteiger partial charge in [-0.2, -0.15) is 0 Å². The van der Waals surface area contributed by atoms with Crippen LogP contribution < -0.4 is 4.74 Å². The van der Waals surface area contributed by atoms with Crippen LogP contribution in [-0.2, 0) is 15.9 Å². The number of ether oxygens (including phenoxy) is 1. The number of benzene rings is 1. The van der Waals surface area contributed by atoms with Crippen molar-refractivity contribution in [1.82, 2.24) is 0 Å². The van der Waals surface area contributed by atoms with Crippen LogP contribution in [0.25, 0.3) is 0 Å². The van der Waals surface area contributed by atoms with Gasteiger partial charge in [-0.3, -0.25) is 0 Å². The van der Waals surface area contributed by atoms with Gasteiger partial charge in [0.2, 0.25) is 0 Å². The Labute approximate surface area is 82.6 Å². The Hall–Kier alpha value is -1.40. The zero-order valence-corrected chi connectivity index (χ0v) is 7.86. The molecule has 14 heavy (non-hydrogen) atoms. The third kappa shape index (κ3) is 3.15. The molecule has 0 bridgehead atoms. The molecule has 0 aliphatic carbocycles. The lowest BCUT2D eigenvalue weighted by molar-refractivity contribution is -0.139. The summed E-state index contributed by atoms with van der Waals surface area (Å²) in [4.78, 5) is 10.4. The lowest BCUT2D eigenvalue weighted by atomic mass is 10.3. The molecule has 0 radical (unpaired) electrons. The summed E-state index contributed by atoms with van der Waals surface area (Å²) in [6, 6.07) is 5.67. The van der Waals surface area contributed by atoms with Gasteiger partial charge in [-0.25, -0.2) is 9.00 Å². The first-order chi connectivity index (χ1) is 6.59. The first-order valence-corrected chi connectivity index (χ1v) is 4.76. The Bertz CT molecular complexity index is 345. The van der Waals surface area contributed by atoms with E-state index in [0.29, 0.717) is 5.75 Å². The van der Waals surface area contributed by atoms with E-state index in [1.807, 2.05) is 0 Å². The van der Waals surface area contributed by atoms with E-state index in [9.17, 15) is 9.00 Å². The molecule has 0 aromatic heterocycles. The minimum atomic E-state index is -2.02. The molecule has 0 amide bonds. The Morgan fingerprint density at radius 3 is 2.36 bits per heavy atom. The fourth-order valence-electron chi connectivity index (χ4n) is 0.797. The van der Waals surface area contributed by atoms with Crippen LogP contribution in [0, 0.1) is 0 Å². The van der Waals surface area contributed by atoms with Crippen molar-refractivity contribution in [2.75, 3.05) is 6.61 Å². The first kappa shape index (κ1) is 10.7. The van der Waals surface area contributed by atoms with E-state index in [-0.39, 0.29) is 4.90 Å². The average Bonchev–Trinajstić information content (AvgIpc) is 2.15. The molecule has 0 aliphatic heterocycles. The largest absolute Gasteiger partial charge is 0.482 e. The summed E-state index contributed by atoms with van der Waals surface area (Å²) < 4.78 is 24.0. The topological polar surface area (TPSA) is 83.8 Å². The van der Waals surface area contributed by atoms with Crippen molar-refractivity contribution in [1.29, 1.82) is 0 Å². The minimum Gasteiger partial charge on any atom is -0.482 e. The van der Waals surface area contributed by atoms with Crippen molar-refractivity contribution in [3.63, 3.8) is 0 Å². The third-order valence-electron chi connectivity index (χ3n) is 1.39. The van der Waals surface area contributed by atoms with Crippen molar-refractivity contribution in [2.45, 2.75) is 4.90 Å². The standard InChI is InChI=1S/C8H8O5S/c9-8(10)5-13-6-1-3-7(4-2-6)14(11)12/h1-4H,5H2,(H,9,10)(H,11,12). The second-order valence-corrected chi connectivity index (χ2v) is 3.37. The summed E-state index contributed by atoms with van der Waals surface area (Å²) in [5, 5.41) is 8.30. The molecular weight excluding hydrogens is 208 g/mol. The normalized spacial score (nSPS) is 12.1. The zero-order chi connectivity index (χ0) is 10.6. The van der Waals surface area contributed by atoms with Gasteiger partial charge < -0.3 is 14.4 Å². The fourth-order valence-corrected chi connectivity index (χ4v) is 1.17. The highest BCUT2D eigenvalue weighted by Crippen LogP contribution is 2.13. The van der Waals surface area contributed by atoms with Gasteiger partial charge in [0, 0.05) is 0 Å². The Morgan fingerprint density at radius 1 is 1.36 bits per heavy atom. The van der Waals surface area contributed by atoms with Crippen LogP contribution in [0.3, 0.4) is 0 Å². The third-order valence-corrected chi connectivity index (χ3v) is 2.06. The lowest BCUT2D eigenvalue weighted by Gasteiger charge is -2.02. The highest BCUT2D eigenvalue weighted by molar-refractivity contribution is 7.79. The van der Waals surface area contributed by atoms with Gasteiger partial charge in [0.15, 0.2) is 17.7 Å². The van der Waals surface area contributed by atoms with Gasteiger partial charge in [-0.15, -0.1) is 0 Å². The number of hydrogen-bond donors (Lipinski definition) is 2. The van der Waals surface area contributed by atoms with Crippen LogP contribution in [0.4, 0.5) is 0 Å². The molecule has 0 fully saturated rings. The lowest BCUT2D eigenvalue weighted by Crippen LogP contribution is -2.09. The van der Waals surface area contributed by atoms with Crippen molar-refractivity contribution in [2.24, 2.45) is 0 Å². The van der Waals surface area contributed by atoms with E-state index in [1.165, 1.54) is 24.3 Å². The Balaban J connectivity index is 2.64. The van der Waals surface area contributed by atoms with Gasteiger partial charge in [0.1, 0.15) is 5.75 Å². The number of rotatable bonds is 4. The van der Waals surface area contributed by atoms with E-state index in [0.717, 1.165) is 0 Å². The Kier molecular flexibility index (Phi) is 3.61. The SMILES string of the molecule is O=C(O)COc1ccc(S(=O)O)cc1. The maximum atomic E-state index is 10.6. The second-order valence-electron chi connectivity index (χ2n) is 2.40. The summed E-state index contributed by atoms with van der Waals surface area (Å²) in [5.41, 5.74) is 0. The zero-order valence-electron chi connectivity index (χ0n) is 7.04. The van der Waals surface area contributed by atoms with Crippen LogP contribution in [-0.4, -0.2) is 26.4 Å². The van der Waals surface area contributed by atoms with Gasteiger partial charge in [0.25, 0.3) is 0 Å². The quantitative estimate of drug-likeness (QED) is 0.725. The van der Waals surface area contributed by atoms with E-state index in [1.54, 1.807) is 0 Å². The summed E-state index contributed by atoms with van der Waals surface area (Å²) in [6.45, 7) is -0.429. The molecule has 0 saturated carbocycles. The van der Waals surface area contributed by atoms with Gasteiger partial charge in [-0.1, -0.05) is 0 Å². The first-order valence-electron chi connectivity index (χ1n) is 3.65. The molecule has 5 nitrogen and oxygen atoms in total. The molecule has 1 aromatic rings. The summed E-state index contributed by atoms with van der Waals surface area (Å²) in [7, 11) is 0. The van der Waals surface area contributed by atoms with Crippen LogP contribution in [0.15, 0.2) is 29.2 Å². The second kappa shape index (κ2) is 4.73. The fraction of sp³-hybridized carbons (Fsp3) is 0.125. The van der Waals surface area contributed by atoms with Gasteiger partial charge in [0.05, 0.1) is 4.90 Å². The highest BCUT2D eigenvalue weighted by Gasteiger charge is 2.01. The van der Waals surface area contributed by atoms with E-state index in [2.05, 4.69) is 0 Å². The summed E-state index contributed by atoms with van der Waals surface area (Å²) >= 11 is -2.02. The average molecular weight is 216 g/mol. The molecule has 6 heteroatoms. The number of hydrogen-bond acceptors (Lipinski definition) is 3. The highest BCUT2D eigenvalue weighted by atomic mass is 32.2. The number of carboxylic acids is 1. The molecule has 0 spiro atoms. The van der Waals surface area contributed by atoms with E-state index in [4.69, 9.17) is 14.4 Å². The van der Waals surface area contributed by atoms with E-state index < -0.39 is 23.7 Å². The smallest absolute Gasteiger partial charge is 0.341 e. The molecule has 1 unspecified atom stereocenters. The predicted molar refractivity (Wildman–Crippen MR) is 48.6 cm³/mol. The minimum absolute atomic E-state index is 0.243. The van der Waals surface area contributed by atoms with Crippen molar-refractivity contribution in [3.8, 4) is 5.75 Å². The monoisotopic (exact) mass is 216 g/mol. The van der Waals surface area contributed by atoms with Crippen LogP contribution in [0.2, 0.25) is 0 Å². The summed E-state index contributed by atoms with van der Waals surface area (Å²) in [6.07, 6.45) is 0.